The molecule has 2 unspecified atom stereocenters. The van der Waals surface area contributed by atoms with Crippen molar-refractivity contribution in [3.05, 3.63) is 29.6 Å². The molecule has 98 valence electrons. The summed E-state index contributed by atoms with van der Waals surface area (Å²) in [5.41, 5.74) is 5.25. The first kappa shape index (κ1) is 14.1. The Morgan fingerprint density at radius 2 is 2.11 bits per heavy atom. The maximum absolute atomic E-state index is 11.3. The van der Waals surface area contributed by atoms with Gasteiger partial charge in [-0.1, -0.05) is 0 Å². The number of methoxy groups -OCH3 is 1. The lowest BCUT2D eigenvalue weighted by Gasteiger charge is -2.16. The molecule has 1 aromatic heterocycles. The number of nitrogens with zero attached hydrogens (tertiary/aromatic N) is 1. The average Bonchev–Trinajstić information content (AvgIpc) is 2.36. The summed E-state index contributed by atoms with van der Waals surface area (Å²) in [6.07, 6.45) is -0.542. The van der Waals surface area contributed by atoms with Crippen molar-refractivity contribution >= 4 is 11.9 Å². The second kappa shape index (κ2) is 6.08. The molecule has 0 bridgehead atoms. The van der Waals surface area contributed by atoms with Crippen LogP contribution in [0, 0.1) is 0 Å². The van der Waals surface area contributed by atoms with E-state index in [1.54, 1.807) is 0 Å². The maximum atomic E-state index is 11.3. The van der Waals surface area contributed by atoms with Crippen LogP contribution in [-0.2, 0) is 9.53 Å². The van der Waals surface area contributed by atoms with E-state index in [0.29, 0.717) is 0 Å². The number of amides is 1. The van der Waals surface area contributed by atoms with Crippen molar-refractivity contribution in [2.24, 2.45) is 5.73 Å². The van der Waals surface area contributed by atoms with Crippen LogP contribution in [0.2, 0.25) is 0 Å². The van der Waals surface area contributed by atoms with Crippen molar-refractivity contribution in [1.29, 1.82) is 0 Å². The van der Waals surface area contributed by atoms with Gasteiger partial charge in [0.25, 0.3) is 0 Å². The van der Waals surface area contributed by atoms with Gasteiger partial charge in [0.2, 0.25) is 5.91 Å². The van der Waals surface area contributed by atoms with E-state index in [9.17, 15) is 19.8 Å². The normalized spacial score (nSPS) is 13.7. The van der Waals surface area contributed by atoms with Crippen LogP contribution >= 0.6 is 0 Å². The highest BCUT2D eigenvalue weighted by molar-refractivity contribution is 5.89. The highest BCUT2D eigenvalue weighted by Crippen LogP contribution is 2.19. The Balaban J connectivity index is 2.89. The Labute approximate surface area is 103 Å². The van der Waals surface area contributed by atoms with E-state index in [-0.39, 0.29) is 17.5 Å². The van der Waals surface area contributed by atoms with E-state index in [1.165, 1.54) is 25.6 Å². The molecule has 1 aromatic rings. The first-order valence-corrected chi connectivity index (χ1v) is 5.13. The average molecular weight is 254 g/mol. The maximum Gasteiger partial charge on any atom is 0.339 e. The van der Waals surface area contributed by atoms with E-state index < -0.39 is 24.1 Å². The molecule has 18 heavy (non-hydrogen) atoms. The van der Waals surface area contributed by atoms with Gasteiger partial charge in [0.05, 0.1) is 25.2 Å². The van der Waals surface area contributed by atoms with Crippen molar-refractivity contribution in [2.45, 2.75) is 18.6 Å². The summed E-state index contributed by atoms with van der Waals surface area (Å²) in [6.45, 7) is 0. The summed E-state index contributed by atoms with van der Waals surface area (Å²) in [5.74, 6) is -1.35. The van der Waals surface area contributed by atoms with Crippen molar-refractivity contribution in [1.82, 2.24) is 4.98 Å². The topological polar surface area (TPSA) is 123 Å². The SMILES string of the molecule is COC(=O)c1cncc(C(O)C(O)CC(N)=O)c1. The number of ether oxygens (including phenoxy) is 1. The molecule has 1 amide bonds. The minimum atomic E-state index is -1.35. The molecule has 1 rings (SSSR count). The smallest absolute Gasteiger partial charge is 0.339 e. The monoisotopic (exact) mass is 254 g/mol. The zero-order chi connectivity index (χ0) is 13.7. The molecule has 7 nitrogen and oxygen atoms in total. The first-order chi connectivity index (χ1) is 8.45. The van der Waals surface area contributed by atoms with Crippen LogP contribution < -0.4 is 5.73 Å². The van der Waals surface area contributed by atoms with Crippen molar-refractivity contribution < 1.29 is 24.5 Å². The van der Waals surface area contributed by atoms with Gasteiger partial charge in [0.1, 0.15) is 6.10 Å². The zero-order valence-corrected chi connectivity index (χ0v) is 9.74. The number of carbonyl (C=O) groups excluding carboxylic acids is 2. The van der Waals surface area contributed by atoms with Crippen molar-refractivity contribution in [3.63, 3.8) is 0 Å². The fraction of sp³-hybridized carbons (Fsp3) is 0.364. The molecule has 4 N–H and O–H groups in total. The van der Waals surface area contributed by atoms with Crippen LogP contribution in [-0.4, -0.2) is 40.3 Å². The molecule has 0 radical (unpaired) electrons. The summed E-state index contributed by atoms with van der Waals surface area (Å²) in [4.78, 5) is 25.6. The minimum Gasteiger partial charge on any atom is -0.465 e. The number of esters is 1. The number of hydrogen-bond donors (Lipinski definition) is 3. The van der Waals surface area contributed by atoms with Crippen LogP contribution in [0.15, 0.2) is 18.5 Å². The van der Waals surface area contributed by atoms with E-state index >= 15 is 0 Å². The van der Waals surface area contributed by atoms with E-state index in [2.05, 4.69) is 9.72 Å². The molecule has 0 saturated carbocycles. The second-order valence-electron chi connectivity index (χ2n) is 3.68. The van der Waals surface area contributed by atoms with Gasteiger partial charge in [0.15, 0.2) is 0 Å². The third-order valence-corrected chi connectivity index (χ3v) is 2.30. The van der Waals surface area contributed by atoms with Crippen molar-refractivity contribution in [3.8, 4) is 0 Å². The lowest BCUT2D eigenvalue weighted by molar-refractivity contribution is -0.121. The van der Waals surface area contributed by atoms with Crippen LogP contribution in [0.1, 0.15) is 28.4 Å². The number of pyridine rings is 1. The number of rotatable bonds is 5. The number of aliphatic hydroxyl groups excluding tert-OH is 2. The molecule has 0 aliphatic heterocycles. The quantitative estimate of drug-likeness (QED) is 0.587. The van der Waals surface area contributed by atoms with Crippen LogP contribution in [0.3, 0.4) is 0 Å². The fourth-order valence-corrected chi connectivity index (χ4v) is 1.39. The van der Waals surface area contributed by atoms with Crippen LogP contribution in [0.4, 0.5) is 0 Å². The number of primary amides is 1. The molecule has 0 aromatic carbocycles. The van der Waals surface area contributed by atoms with Crippen LogP contribution in [0.5, 0.6) is 0 Å². The molecule has 2 atom stereocenters. The van der Waals surface area contributed by atoms with Gasteiger partial charge in [-0.05, 0) is 6.07 Å². The molecule has 0 fully saturated rings. The number of aliphatic hydroxyl groups is 2. The highest BCUT2D eigenvalue weighted by atomic mass is 16.5. The Bertz CT molecular complexity index is 449. The van der Waals surface area contributed by atoms with Gasteiger partial charge < -0.3 is 20.7 Å². The lowest BCUT2D eigenvalue weighted by Crippen LogP contribution is -2.25. The Hall–Kier alpha value is -1.99. The van der Waals surface area contributed by atoms with E-state index in [0.717, 1.165) is 0 Å². The molecule has 0 aliphatic rings. The Kier molecular flexibility index (Phi) is 4.75. The second-order valence-corrected chi connectivity index (χ2v) is 3.68. The number of nitrogens with two attached hydrogens (primary N) is 1. The number of aromatic nitrogens is 1. The molecular formula is C11H14N2O5. The summed E-state index contributed by atoms with van der Waals surface area (Å²) in [6, 6.07) is 1.33. The molecule has 1 heterocycles. The Morgan fingerprint density at radius 1 is 1.44 bits per heavy atom. The molecular weight excluding hydrogens is 240 g/mol. The molecule has 0 saturated heterocycles. The molecule has 0 aliphatic carbocycles. The third-order valence-electron chi connectivity index (χ3n) is 2.30. The minimum absolute atomic E-state index is 0.139. The lowest BCUT2D eigenvalue weighted by atomic mass is 10.0. The third kappa shape index (κ3) is 3.51. The summed E-state index contributed by atoms with van der Waals surface area (Å²) in [5, 5.41) is 19.3. The van der Waals surface area contributed by atoms with Crippen molar-refractivity contribution in [2.75, 3.05) is 7.11 Å². The van der Waals surface area contributed by atoms with Gasteiger partial charge in [-0.25, -0.2) is 4.79 Å². The van der Waals surface area contributed by atoms with E-state index in [1.807, 2.05) is 0 Å². The first-order valence-electron chi connectivity index (χ1n) is 5.13. The largest absolute Gasteiger partial charge is 0.465 e. The standard InChI is InChI=1S/C11H14N2O5/c1-18-11(17)7-2-6(4-13-5-7)10(16)8(14)3-9(12)15/h2,4-5,8,10,14,16H,3H2,1H3,(H2,12,15). The number of carbonyl (C=O) groups is 2. The predicted molar refractivity (Wildman–Crippen MR) is 60.4 cm³/mol. The highest BCUT2D eigenvalue weighted by Gasteiger charge is 2.21. The summed E-state index contributed by atoms with van der Waals surface area (Å²) >= 11 is 0. The zero-order valence-electron chi connectivity index (χ0n) is 9.74. The van der Waals surface area contributed by atoms with Gasteiger partial charge in [0, 0.05) is 18.0 Å². The van der Waals surface area contributed by atoms with Gasteiger partial charge >= 0.3 is 5.97 Å². The van der Waals surface area contributed by atoms with Gasteiger partial charge in [-0.3, -0.25) is 9.78 Å². The fourth-order valence-electron chi connectivity index (χ4n) is 1.39. The predicted octanol–water partition coefficient (Wildman–Crippen LogP) is -0.862. The summed E-state index contributed by atoms with van der Waals surface area (Å²) < 4.78 is 4.50. The number of hydrogen-bond acceptors (Lipinski definition) is 6. The summed E-state index contributed by atoms with van der Waals surface area (Å²) in [7, 11) is 1.22. The molecule has 0 spiro atoms. The molecule has 7 heteroatoms. The van der Waals surface area contributed by atoms with Crippen LogP contribution in [0.25, 0.3) is 0 Å². The van der Waals surface area contributed by atoms with Gasteiger partial charge in [-0.15, -0.1) is 0 Å². The van der Waals surface area contributed by atoms with Gasteiger partial charge in [-0.2, -0.15) is 0 Å². The Morgan fingerprint density at radius 3 is 2.67 bits per heavy atom. The van der Waals surface area contributed by atoms with E-state index in [4.69, 9.17) is 5.73 Å².